The molecule has 158 valence electrons. The van der Waals surface area contributed by atoms with Gasteiger partial charge in [0.2, 0.25) is 11.1 Å². The Bertz CT molecular complexity index is 1100. The van der Waals surface area contributed by atoms with Crippen LogP contribution in [0.15, 0.2) is 21.9 Å². The molecule has 0 spiro atoms. The molecule has 1 aliphatic carbocycles. The second-order valence-corrected chi connectivity index (χ2v) is 8.86. The van der Waals surface area contributed by atoms with E-state index in [2.05, 4.69) is 15.5 Å². The molecule has 0 unspecified atom stereocenters. The second-order valence-electron chi connectivity index (χ2n) is 6.81. The molecule has 4 rings (SSSR count). The smallest absolute Gasteiger partial charge is 0.341 e. The van der Waals surface area contributed by atoms with Gasteiger partial charge in [0.1, 0.15) is 10.8 Å². The summed E-state index contributed by atoms with van der Waals surface area (Å²) in [5.74, 6) is 6.63. The monoisotopic (exact) mass is 447 g/mol. The Balaban J connectivity index is 1.46. The Labute approximate surface area is 181 Å². The highest BCUT2D eigenvalue weighted by molar-refractivity contribution is 7.99. The highest BCUT2D eigenvalue weighted by atomic mass is 32.2. The minimum absolute atomic E-state index is 0.0723. The van der Waals surface area contributed by atoms with E-state index in [9.17, 15) is 9.59 Å². The number of carbonyl (C=O) groups excluding carboxylic acids is 2. The van der Waals surface area contributed by atoms with Gasteiger partial charge in [-0.1, -0.05) is 11.8 Å². The van der Waals surface area contributed by atoms with Gasteiger partial charge in [0.05, 0.1) is 30.3 Å². The van der Waals surface area contributed by atoms with Gasteiger partial charge >= 0.3 is 5.97 Å². The zero-order valence-corrected chi connectivity index (χ0v) is 18.2. The van der Waals surface area contributed by atoms with Crippen molar-refractivity contribution >= 4 is 40.0 Å². The molecule has 0 bridgehead atoms. The third-order valence-corrected chi connectivity index (χ3v) is 7.06. The van der Waals surface area contributed by atoms with E-state index in [1.54, 1.807) is 12.3 Å². The summed E-state index contributed by atoms with van der Waals surface area (Å²) < 4.78 is 11.6. The number of thioether (sulfide) groups is 1. The molecule has 1 amide bonds. The lowest BCUT2D eigenvalue weighted by Crippen LogP contribution is -2.18. The lowest BCUT2D eigenvalue weighted by molar-refractivity contribution is -0.113. The molecule has 11 heteroatoms. The van der Waals surface area contributed by atoms with Gasteiger partial charge in [0.25, 0.3) is 0 Å². The van der Waals surface area contributed by atoms with Crippen molar-refractivity contribution in [2.24, 2.45) is 0 Å². The number of furan rings is 1. The third kappa shape index (κ3) is 3.82. The molecule has 3 aromatic rings. The first-order valence-electron chi connectivity index (χ1n) is 9.40. The van der Waals surface area contributed by atoms with Gasteiger partial charge < -0.3 is 20.3 Å². The van der Waals surface area contributed by atoms with E-state index in [0.29, 0.717) is 27.3 Å². The van der Waals surface area contributed by atoms with E-state index in [4.69, 9.17) is 15.0 Å². The quantitative estimate of drug-likeness (QED) is 0.336. The number of nitrogens with one attached hydrogen (secondary N) is 1. The van der Waals surface area contributed by atoms with Crippen LogP contribution >= 0.6 is 23.1 Å². The fourth-order valence-corrected chi connectivity index (χ4v) is 5.39. The van der Waals surface area contributed by atoms with Crippen LogP contribution in [0.1, 0.15) is 39.4 Å². The first-order chi connectivity index (χ1) is 14.5. The van der Waals surface area contributed by atoms with Crippen molar-refractivity contribution < 1.29 is 18.7 Å². The van der Waals surface area contributed by atoms with Crippen LogP contribution in [0.25, 0.3) is 11.4 Å². The molecule has 0 aliphatic heterocycles. The van der Waals surface area contributed by atoms with Gasteiger partial charge in [-0.15, -0.1) is 21.5 Å². The van der Waals surface area contributed by atoms with Gasteiger partial charge in [0.15, 0.2) is 5.82 Å². The number of hydrogen-bond acceptors (Lipinski definition) is 9. The van der Waals surface area contributed by atoms with Crippen LogP contribution in [0.5, 0.6) is 0 Å². The van der Waals surface area contributed by atoms with Gasteiger partial charge in [-0.2, -0.15) is 0 Å². The number of amides is 1. The molecule has 3 heterocycles. The van der Waals surface area contributed by atoms with Crippen LogP contribution in [0.4, 0.5) is 5.00 Å². The summed E-state index contributed by atoms with van der Waals surface area (Å²) >= 11 is 2.62. The fraction of sp³-hybridized carbons (Fsp3) is 0.368. The van der Waals surface area contributed by atoms with E-state index >= 15 is 0 Å². The topological polar surface area (TPSA) is 125 Å². The zero-order chi connectivity index (χ0) is 21.3. The minimum atomic E-state index is -0.417. The van der Waals surface area contributed by atoms with E-state index < -0.39 is 5.97 Å². The van der Waals surface area contributed by atoms with Gasteiger partial charge in [-0.3, -0.25) is 4.79 Å². The molecule has 0 aromatic carbocycles. The van der Waals surface area contributed by atoms with Crippen molar-refractivity contribution in [1.29, 1.82) is 0 Å². The van der Waals surface area contributed by atoms with Crippen molar-refractivity contribution in [3.63, 3.8) is 0 Å². The third-order valence-electron chi connectivity index (χ3n) is 4.91. The Morgan fingerprint density at radius 1 is 1.37 bits per heavy atom. The highest BCUT2D eigenvalue weighted by Gasteiger charge is 2.27. The normalized spacial score (nSPS) is 13.1. The minimum Gasteiger partial charge on any atom is -0.469 e. The van der Waals surface area contributed by atoms with E-state index in [0.717, 1.165) is 53.4 Å². The number of hydrogen-bond donors (Lipinski definition) is 2. The number of anilines is 1. The molecule has 0 radical (unpaired) electrons. The molecule has 0 atom stereocenters. The number of nitrogen functional groups attached to an aromatic ring is 1. The number of fused-ring (bicyclic) bond motifs is 1. The standard InChI is InChI=1S/C19H21N5O4S2/c1-10-11(7-8-28-10)16-22-23-19(24(16)20)29-9-14(25)21-17-15(18(26)27-2)12-5-3-4-6-13(12)30-17/h7-8H,3-6,9,20H2,1-2H3,(H,21,25). The van der Waals surface area contributed by atoms with Crippen LogP contribution in [0, 0.1) is 6.92 Å². The summed E-state index contributed by atoms with van der Waals surface area (Å²) in [5.41, 5.74) is 2.23. The van der Waals surface area contributed by atoms with Crippen molar-refractivity contribution in [1.82, 2.24) is 14.9 Å². The first kappa shape index (κ1) is 20.5. The number of esters is 1. The number of ether oxygens (including phenoxy) is 1. The van der Waals surface area contributed by atoms with E-state index in [1.165, 1.54) is 23.1 Å². The second kappa shape index (κ2) is 8.52. The van der Waals surface area contributed by atoms with Gasteiger partial charge in [-0.05, 0) is 44.2 Å². The number of nitrogens with zero attached hydrogens (tertiary/aromatic N) is 3. The lowest BCUT2D eigenvalue weighted by Gasteiger charge is -2.11. The molecule has 3 N–H and O–H groups in total. The number of aryl methyl sites for hydroxylation is 2. The van der Waals surface area contributed by atoms with E-state index in [1.807, 2.05) is 6.92 Å². The van der Waals surface area contributed by atoms with Crippen LogP contribution in [-0.2, 0) is 22.4 Å². The molecule has 30 heavy (non-hydrogen) atoms. The predicted molar refractivity (Wildman–Crippen MR) is 114 cm³/mol. The SMILES string of the molecule is COC(=O)c1c(NC(=O)CSc2nnc(-c3ccoc3C)n2N)sc2c1CCCC2. The van der Waals surface area contributed by atoms with Crippen molar-refractivity contribution in [2.75, 3.05) is 24.0 Å². The Morgan fingerprint density at radius 3 is 2.90 bits per heavy atom. The van der Waals surface area contributed by atoms with Crippen LogP contribution in [0.3, 0.4) is 0 Å². The number of thiophene rings is 1. The summed E-state index contributed by atoms with van der Waals surface area (Å²) in [7, 11) is 1.35. The molecule has 3 aromatic heterocycles. The highest BCUT2D eigenvalue weighted by Crippen LogP contribution is 2.38. The fourth-order valence-electron chi connectivity index (χ4n) is 3.44. The largest absolute Gasteiger partial charge is 0.469 e. The van der Waals surface area contributed by atoms with Crippen molar-refractivity contribution in [3.8, 4) is 11.4 Å². The number of rotatable bonds is 6. The van der Waals surface area contributed by atoms with Crippen LogP contribution in [0.2, 0.25) is 0 Å². The molecule has 9 nitrogen and oxygen atoms in total. The zero-order valence-electron chi connectivity index (χ0n) is 16.6. The average Bonchev–Trinajstić information content (AvgIpc) is 3.42. The first-order valence-corrected chi connectivity index (χ1v) is 11.2. The summed E-state index contributed by atoms with van der Waals surface area (Å²) in [5, 5.41) is 12.0. The Kier molecular flexibility index (Phi) is 5.82. The van der Waals surface area contributed by atoms with Crippen LogP contribution in [-0.4, -0.2) is 39.6 Å². The molecule has 1 aliphatic rings. The number of nitrogens with two attached hydrogens (primary N) is 1. The molecule has 0 saturated carbocycles. The summed E-state index contributed by atoms with van der Waals surface area (Å²) in [6.45, 7) is 1.81. The summed E-state index contributed by atoms with van der Waals surface area (Å²) in [6, 6.07) is 1.76. The molecule has 0 saturated heterocycles. The van der Waals surface area contributed by atoms with Crippen molar-refractivity contribution in [3.05, 3.63) is 34.1 Å². The Morgan fingerprint density at radius 2 is 2.17 bits per heavy atom. The van der Waals surface area contributed by atoms with Gasteiger partial charge in [0, 0.05) is 4.88 Å². The van der Waals surface area contributed by atoms with Crippen molar-refractivity contribution in [2.45, 2.75) is 37.8 Å². The molecular formula is C19H21N5O4S2. The maximum atomic E-state index is 12.6. The Hall–Kier alpha value is -2.79. The lowest BCUT2D eigenvalue weighted by atomic mass is 9.95. The maximum Gasteiger partial charge on any atom is 0.341 e. The number of carbonyl (C=O) groups is 2. The predicted octanol–water partition coefficient (Wildman–Crippen LogP) is 3.02. The maximum absolute atomic E-state index is 12.6. The molecule has 0 fully saturated rings. The van der Waals surface area contributed by atoms with Gasteiger partial charge in [-0.25, -0.2) is 9.47 Å². The number of methoxy groups -OCH3 is 1. The summed E-state index contributed by atoms with van der Waals surface area (Å²) in [6.07, 6.45) is 5.41. The van der Waals surface area contributed by atoms with Crippen LogP contribution < -0.4 is 11.2 Å². The summed E-state index contributed by atoms with van der Waals surface area (Å²) in [4.78, 5) is 26.0. The average molecular weight is 448 g/mol. The molecular weight excluding hydrogens is 426 g/mol. The van der Waals surface area contributed by atoms with E-state index in [-0.39, 0.29) is 11.7 Å². The number of aromatic nitrogens is 3.